The highest BCUT2D eigenvalue weighted by atomic mass is 16.6. The molecule has 5 nitrogen and oxygen atoms in total. The van der Waals surface area contributed by atoms with Gasteiger partial charge in [0.2, 0.25) is 0 Å². The summed E-state index contributed by atoms with van der Waals surface area (Å²) in [6.07, 6.45) is 2.60. The third-order valence-electron chi connectivity index (χ3n) is 1.99. The fourth-order valence-electron chi connectivity index (χ4n) is 1.30. The van der Waals surface area contributed by atoms with Crippen LogP contribution in [0.4, 0.5) is 4.79 Å². The Kier molecular flexibility index (Phi) is 5.77. The van der Waals surface area contributed by atoms with Crippen molar-refractivity contribution in [2.45, 2.75) is 26.4 Å². The molecule has 0 aliphatic carbocycles. The number of hydrazone groups is 1. The Bertz CT molecular complexity index is 490. The number of nitrogens with one attached hydrogen (secondary N) is 1. The van der Waals surface area contributed by atoms with Gasteiger partial charge in [0, 0.05) is 0 Å². The van der Waals surface area contributed by atoms with E-state index in [4.69, 9.17) is 9.47 Å². The molecule has 0 saturated heterocycles. The first-order chi connectivity index (χ1) is 9.40. The second-order valence-corrected chi connectivity index (χ2v) is 5.04. The van der Waals surface area contributed by atoms with E-state index in [1.165, 1.54) is 6.21 Å². The molecule has 0 bridgehead atoms. The molecule has 0 heterocycles. The van der Waals surface area contributed by atoms with Gasteiger partial charge in [0.25, 0.3) is 0 Å². The highest BCUT2D eigenvalue weighted by Crippen LogP contribution is 2.12. The van der Waals surface area contributed by atoms with E-state index in [0.717, 1.165) is 5.56 Å². The van der Waals surface area contributed by atoms with Crippen LogP contribution in [0.1, 0.15) is 26.3 Å². The second-order valence-electron chi connectivity index (χ2n) is 5.04. The minimum Gasteiger partial charge on any atom is -0.490 e. The van der Waals surface area contributed by atoms with Crippen LogP contribution in [0.25, 0.3) is 0 Å². The number of carbonyl (C=O) groups is 1. The number of benzene rings is 1. The third kappa shape index (κ3) is 6.58. The fourth-order valence-corrected chi connectivity index (χ4v) is 1.30. The smallest absolute Gasteiger partial charge is 0.428 e. The summed E-state index contributed by atoms with van der Waals surface area (Å²) in [4.78, 5) is 11.4. The van der Waals surface area contributed by atoms with Gasteiger partial charge in [0.05, 0.1) is 6.21 Å². The first kappa shape index (κ1) is 15.8. The molecule has 1 N–H and O–H groups in total. The maximum atomic E-state index is 11.4. The Morgan fingerprint density at radius 1 is 1.45 bits per heavy atom. The van der Waals surface area contributed by atoms with Crippen molar-refractivity contribution in [2.75, 3.05) is 6.61 Å². The number of nitrogens with zero attached hydrogens (tertiary/aromatic N) is 1. The van der Waals surface area contributed by atoms with Gasteiger partial charge in [-0.3, -0.25) is 0 Å². The molecule has 1 amide bonds. The molecule has 0 spiro atoms. The largest absolute Gasteiger partial charge is 0.490 e. The molecule has 0 atom stereocenters. The Hall–Kier alpha value is -2.30. The zero-order chi connectivity index (χ0) is 15.0. The molecular formula is C15H20N2O3. The van der Waals surface area contributed by atoms with Gasteiger partial charge in [-0.25, -0.2) is 10.2 Å². The lowest BCUT2D eigenvalue weighted by atomic mass is 10.2. The lowest BCUT2D eigenvalue weighted by molar-refractivity contribution is 0.0529. The van der Waals surface area contributed by atoms with Crippen molar-refractivity contribution in [1.82, 2.24) is 5.43 Å². The second kappa shape index (κ2) is 7.33. The molecule has 1 aromatic carbocycles. The Morgan fingerprint density at radius 2 is 2.20 bits per heavy atom. The summed E-state index contributed by atoms with van der Waals surface area (Å²) < 4.78 is 10.5. The lowest BCUT2D eigenvalue weighted by Gasteiger charge is -2.18. The van der Waals surface area contributed by atoms with Crippen LogP contribution >= 0.6 is 0 Å². The molecule has 5 heteroatoms. The number of hydrogen-bond acceptors (Lipinski definition) is 4. The zero-order valence-electron chi connectivity index (χ0n) is 12.1. The average Bonchev–Trinajstić information content (AvgIpc) is 2.34. The number of carbonyl (C=O) groups excluding carboxylic acids is 1. The molecule has 108 valence electrons. The van der Waals surface area contributed by atoms with Crippen LogP contribution in [-0.4, -0.2) is 24.5 Å². The number of ether oxygens (including phenoxy) is 2. The first-order valence-corrected chi connectivity index (χ1v) is 6.26. The van der Waals surface area contributed by atoms with Crippen molar-refractivity contribution in [3.63, 3.8) is 0 Å². The van der Waals surface area contributed by atoms with Gasteiger partial charge in [0.15, 0.2) is 0 Å². The van der Waals surface area contributed by atoms with E-state index in [1.807, 2.05) is 24.3 Å². The summed E-state index contributed by atoms with van der Waals surface area (Å²) in [6.45, 7) is 9.39. The first-order valence-electron chi connectivity index (χ1n) is 6.26. The molecule has 0 aromatic heterocycles. The maximum Gasteiger partial charge on any atom is 0.428 e. The van der Waals surface area contributed by atoms with E-state index < -0.39 is 11.7 Å². The fraction of sp³-hybridized carbons (Fsp3) is 0.333. The number of amides is 1. The van der Waals surface area contributed by atoms with Crippen molar-refractivity contribution in [3.8, 4) is 5.75 Å². The third-order valence-corrected chi connectivity index (χ3v) is 1.99. The highest BCUT2D eigenvalue weighted by Gasteiger charge is 2.15. The monoisotopic (exact) mass is 276 g/mol. The van der Waals surface area contributed by atoms with Gasteiger partial charge in [-0.15, -0.1) is 0 Å². The molecule has 0 aliphatic rings. The van der Waals surface area contributed by atoms with Crippen molar-refractivity contribution in [3.05, 3.63) is 42.5 Å². The van der Waals surface area contributed by atoms with Crippen LogP contribution in [-0.2, 0) is 4.74 Å². The van der Waals surface area contributed by atoms with Crippen LogP contribution < -0.4 is 10.2 Å². The van der Waals surface area contributed by atoms with Crippen LogP contribution in [0.3, 0.4) is 0 Å². The van der Waals surface area contributed by atoms with E-state index in [9.17, 15) is 4.79 Å². The Morgan fingerprint density at radius 3 is 2.85 bits per heavy atom. The van der Waals surface area contributed by atoms with E-state index >= 15 is 0 Å². The summed E-state index contributed by atoms with van der Waals surface area (Å²) in [6, 6.07) is 7.33. The number of rotatable bonds is 5. The van der Waals surface area contributed by atoms with Crippen molar-refractivity contribution >= 4 is 12.3 Å². The summed E-state index contributed by atoms with van der Waals surface area (Å²) in [7, 11) is 0. The van der Waals surface area contributed by atoms with E-state index in [-0.39, 0.29) is 0 Å². The van der Waals surface area contributed by atoms with Gasteiger partial charge in [-0.2, -0.15) is 5.10 Å². The standard InChI is InChI=1S/C15H20N2O3/c1-5-9-19-13-8-6-7-12(10-13)11-16-17-14(18)20-15(2,3)4/h5-8,10-11H,1,9H2,2-4H3,(H,17,18)/b16-11-. The molecule has 1 rings (SSSR count). The van der Waals surface area contributed by atoms with Crippen LogP contribution in [0.5, 0.6) is 5.75 Å². The Balaban J connectivity index is 2.53. The average molecular weight is 276 g/mol. The summed E-state index contributed by atoms with van der Waals surface area (Å²) >= 11 is 0. The van der Waals surface area contributed by atoms with Crippen molar-refractivity contribution < 1.29 is 14.3 Å². The lowest BCUT2D eigenvalue weighted by Crippen LogP contribution is -2.29. The van der Waals surface area contributed by atoms with Gasteiger partial charge in [-0.1, -0.05) is 24.8 Å². The van der Waals surface area contributed by atoms with Crippen LogP contribution in [0.15, 0.2) is 42.0 Å². The normalized spacial score (nSPS) is 11.2. The van der Waals surface area contributed by atoms with Gasteiger partial charge >= 0.3 is 6.09 Å². The number of hydrogen-bond donors (Lipinski definition) is 1. The molecular weight excluding hydrogens is 256 g/mol. The van der Waals surface area contributed by atoms with E-state index in [0.29, 0.717) is 12.4 Å². The van der Waals surface area contributed by atoms with E-state index in [1.54, 1.807) is 26.8 Å². The molecule has 0 radical (unpaired) electrons. The van der Waals surface area contributed by atoms with Crippen molar-refractivity contribution in [1.29, 1.82) is 0 Å². The molecule has 0 aliphatic heterocycles. The molecule has 0 unspecified atom stereocenters. The van der Waals surface area contributed by atoms with Gasteiger partial charge < -0.3 is 9.47 Å². The minimum absolute atomic E-state index is 0.441. The van der Waals surface area contributed by atoms with Crippen molar-refractivity contribution in [2.24, 2.45) is 5.10 Å². The predicted octanol–water partition coefficient (Wildman–Crippen LogP) is 3.11. The molecule has 20 heavy (non-hydrogen) atoms. The summed E-state index contributed by atoms with van der Waals surface area (Å²) in [5, 5.41) is 3.82. The van der Waals surface area contributed by atoms with Gasteiger partial charge in [0.1, 0.15) is 18.0 Å². The topological polar surface area (TPSA) is 59.9 Å². The quantitative estimate of drug-likeness (QED) is 0.510. The molecule has 1 aromatic rings. The Labute approximate surface area is 119 Å². The zero-order valence-corrected chi connectivity index (χ0v) is 12.1. The molecule has 0 saturated carbocycles. The molecule has 0 fully saturated rings. The summed E-state index contributed by atoms with van der Waals surface area (Å²) in [5.41, 5.74) is 2.57. The van der Waals surface area contributed by atoms with Crippen LogP contribution in [0, 0.1) is 0 Å². The predicted molar refractivity (Wildman–Crippen MR) is 79.1 cm³/mol. The van der Waals surface area contributed by atoms with Crippen LogP contribution in [0.2, 0.25) is 0 Å². The SMILES string of the molecule is C=CCOc1cccc(/C=N\NC(=O)OC(C)(C)C)c1. The van der Waals surface area contributed by atoms with Gasteiger partial charge in [-0.05, 0) is 38.5 Å². The minimum atomic E-state index is -0.590. The maximum absolute atomic E-state index is 11.4. The summed E-state index contributed by atoms with van der Waals surface area (Å²) in [5.74, 6) is 0.714. The van der Waals surface area contributed by atoms with E-state index in [2.05, 4.69) is 17.1 Å². The highest BCUT2D eigenvalue weighted by molar-refractivity contribution is 5.81.